The molecule has 0 bridgehead atoms. The summed E-state index contributed by atoms with van der Waals surface area (Å²) >= 11 is 1.59. The van der Waals surface area contributed by atoms with Crippen molar-refractivity contribution in [2.75, 3.05) is 30.8 Å². The van der Waals surface area contributed by atoms with Gasteiger partial charge in [-0.3, -0.25) is 19.3 Å². The van der Waals surface area contributed by atoms with Crippen molar-refractivity contribution in [3.63, 3.8) is 0 Å². The molecule has 1 saturated heterocycles. The molecular formula is C36H42N6O3S. The van der Waals surface area contributed by atoms with E-state index in [9.17, 15) is 14.4 Å². The molecule has 2 aliphatic rings. The fraction of sp³-hybridized carbons (Fsp3) is 0.389. The van der Waals surface area contributed by atoms with Crippen molar-refractivity contribution >= 4 is 40.3 Å². The highest BCUT2D eigenvalue weighted by atomic mass is 32.1. The zero-order valence-corrected chi connectivity index (χ0v) is 28.3. The van der Waals surface area contributed by atoms with Gasteiger partial charge < -0.3 is 20.1 Å². The summed E-state index contributed by atoms with van der Waals surface area (Å²) in [5.74, 6) is 0.176. The molecule has 0 radical (unpaired) electrons. The molecule has 4 aromatic rings. The van der Waals surface area contributed by atoms with Crippen LogP contribution in [-0.4, -0.2) is 56.8 Å². The van der Waals surface area contributed by atoms with Crippen molar-refractivity contribution in [2.24, 2.45) is 7.05 Å². The normalized spacial score (nSPS) is 17.1. The van der Waals surface area contributed by atoms with Gasteiger partial charge in [0, 0.05) is 53.7 Å². The molecule has 6 rings (SSSR count). The highest BCUT2D eigenvalue weighted by molar-refractivity contribution is 7.14. The molecule has 2 N–H and O–H groups in total. The lowest BCUT2D eigenvalue weighted by molar-refractivity contribution is -0.146. The largest absolute Gasteiger partial charge is 0.336 e. The lowest BCUT2D eigenvalue weighted by Gasteiger charge is -2.45. The summed E-state index contributed by atoms with van der Waals surface area (Å²) in [6.07, 6.45) is 6.16. The van der Waals surface area contributed by atoms with E-state index in [0.29, 0.717) is 23.6 Å². The van der Waals surface area contributed by atoms with Gasteiger partial charge in [0.25, 0.3) is 11.5 Å². The number of hydrogen-bond donors (Lipinski definition) is 2. The van der Waals surface area contributed by atoms with E-state index < -0.39 is 0 Å². The van der Waals surface area contributed by atoms with Crippen molar-refractivity contribution in [1.82, 2.24) is 19.4 Å². The van der Waals surface area contributed by atoms with E-state index in [0.717, 1.165) is 41.0 Å². The van der Waals surface area contributed by atoms with Crippen molar-refractivity contribution in [1.29, 1.82) is 0 Å². The SMILES string of the molecule is Cc1c(NC(=O)c2cc3c(s2)CCCC3)cccc1-c1cn(C)c(=O)c(Nc2ccc([C@@H]3C(=O)N(C(C)(C)C)CCN3C)cc2)n1. The summed E-state index contributed by atoms with van der Waals surface area (Å²) in [7, 11) is 3.68. The molecular weight excluding hydrogens is 597 g/mol. The third kappa shape index (κ3) is 6.24. The Hall–Kier alpha value is -4.28. The van der Waals surface area contributed by atoms with Crippen LogP contribution in [0.1, 0.15) is 70.9 Å². The van der Waals surface area contributed by atoms with E-state index in [1.165, 1.54) is 27.8 Å². The fourth-order valence-corrected chi connectivity index (χ4v) is 7.58. The second kappa shape index (κ2) is 12.5. The van der Waals surface area contributed by atoms with Crippen molar-refractivity contribution in [2.45, 2.75) is 65.0 Å². The fourth-order valence-electron chi connectivity index (χ4n) is 6.43. The molecule has 1 atom stereocenters. The van der Waals surface area contributed by atoms with Crippen LogP contribution in [0.5, 0.6) is 0 Å². The minimum atomic E-state index is -0.364. The number of thiophene rings is 1. The predicted molar refractivity (Wildman–Crippen MR) is 185 cm³/mol. The number of carbonyl (C=O) groups is 2. The van der Waals surface area contributed by atoms with Crippen LogP contribution < -0.4 is 16.2 Å². The number of aromatic nitrogens is 2. The van der Waals surface area contributed by atoms with Crippen LogP contribution in [0.15, 0.2) is 59.5 Å². The summed E-state index contributed by atoms with van der Waals surface area (Å²) in [6, 6.07) is 15.0. The Kier molecular flexibility index (Phi) is 8.60. The van der Waals surface area contributed by atoms with Crippen LogP contribution in [0.3, 0.4) is 0 Å². The lowest BCUT2D eigenvalue weighted by Crippen LogP contribution is -2.57. The van der Waals surface area contributed by atoms with E-state index in [1.54, 1.807) is 24.6 Å². The van der Waals surface area contributed by atoms with Crippen LogP contribution in [0.25, 0.3) is 11.3 Å². The van der Waals surface area contributed by atoms with Crippen LogP contribution in [0.2, 0.25) is 0 Å². The maximum absolute atomic E-state index is 13.4. The molecule has 9 nitrogen and oxygen atoms in total. The molecule has 0 saturated carbocycles. The average Bonchev–Trinajstić information content (AvgIpc) is 3.45. The standard InChI is InChI=1S/C36H42N6O3S/c1-22-26(11-9-12-27(22)39-33(43)30-20-24-10-7-8-13-29(24)46-30)28-21-41(6)35(45)32(38-28)37-25-16-14-23(15-17-25)31-34(44)42(36(2,3)4)19-18-40(31)5/h9,11-12,14-17,20-21,31H,7-8,10,13,18-19H2,1-6H3,(H,37,38)(H,39,43)/t31-/m1/s1. The number of piperazine rings is 1. The Bertz CT molecular complexity index is 1830. The second-order valence-corrected chi connectivity index (χ2v) is 14.5. The van der Waals surface area contributed by atoms with Gasteiger partial charge in [0.2, 0.25) is 5.91 Å². The quantitative estimate of drug-likeness (QED) is 0.257. The lowest BCUT2D eigenvalue weighted by atomic mass is 9.97. The number of likely N-dealkylation sites (N-methyl/N-ethyl adjacent to an activating group) is 1. The number of anilines is 3. The Morgan fingerprint density at radius 1 is 1.00 bits per heavy atom. The van der Waals surface area contributed by atoms with Crippen molar-refractivity contribution < 1.29 is 9.59 Å². The number of carbonyl (C=O) groups excluding carboxylic acids is 2. The van der Waals surface area contributed by atoms with Gasteiger partial charge in [-0.15, -0.1) is 11.3 Å². The van der Waals surface area contributed by atoms with Crippen LogP contribution in [-0.2, 0) is 24.7 Å². The predicted octanol–water partition coefficient (Wildman–Crippen LogP) is 6.31. The van der Waals surface area contributed by atoms with Crippen LogP contribution in [0, 0.1) is 6.92 Å². The van der Waals surface area contributed by atoms with Gasteiger partial charge >= 0.3 is 0 Å². The molecule has 240 valence electrons. The Morgan fingerprint density at radius 3 is 2.46 bits per heavy atom. The molecule has 3 heterocycles. The van der Waals surface area contributed by atoms with Crippen molar-refractivity contribution in [3.05, 3.63) is 91.5 Å². The van der Waals surface area contributed by atoms with Gasteiger partial charge in [0.05, 0.1) is 10.6 Å². The maximum Gasteiger partial charge on any atom is 0.293 e. The van der Waals surface area contributed by atoms with Gasteiger partial charge in [-0.25, -0.2) is 4.98 Å². The van der Waals surface area contributed by atoms with Crippen LogP contribution in [0.4, 0.5) is 17.2 Å². The molecule has 2 aromatic heterocycles. The summed E-state index contributed by atoms with van der Waals surface area (Å²) < 4.78 is 1.51. The number of nitrogens with one attached hydrogen (secondary N) is 2. The van der Waals surface area contributed by atoms with E-state index in [1.807, 2.05) is 67.4 Å². The van der Waals surface area contributed by atoms with Crippen molar-refractivity contribution in [3.8, 4) is 11.3 Å². The summed E-state index contributed by atoms with van der Waals surface area (Å²) in [6.45, 7) is 9.63. The Morgan fingerprint density at radius 2 is 1.74 bits per heavy atom. The number of amides is 2. The minimum absolute atomic E-state index is 0.0912. The first-order valence-corrected chi connectivity index (χ1v) is 16.7. The summed E-state index contributed by atoms with van der Waals surface area (Å²) in [5.41, 5.74) is 5.39. The highest BCUT2D eigenvalue weighted by Crippen LogP contribution is 2.33. The Labute approximate surface area is 274 Å². The molecule has 0 spiro atoms. The average molecular weight is 639 g/mol. The number of aryl methyl sites for hydroxylation is 3. The summed E-state index contributed by atoms with van der Waals surface area (Å²) in [5, 5.41) is 6.30. The molecule has 10 heteroatoms. The number of nitrogens with zero attached hydrogens (tertiary/aromatic N) is 4. The minimum Gasteiger partial charge on any atom is -0.336 e. The third-order valence-electron chi connectivity index (χ3n) is 9.07. The van der Waals surface area contributed by atoms with E-state index in [4.69, 9.17) is 4.98 Å². The number of hydrogen-bond acceptors (Lipinski definition) is 7. The zero-order valence-electron chi connectivity index (χ0n) is 27.4. The third-order valence-corrected chi connectivity index (χ3v) is 10.3. The number of fused-ring (bicyclic) bond motifs is 1. The molecule has 2 aromatic carbocycles. The van der Waals surface area contributed by atoms with Crippen LogP contribution >= 0.6 is 11.3 Å². The first kappa shape index (κ1) is 31.7. The molecule has 1 fully saturated rings. The molecule has 1 aliphatic carbocycles. The van der Waals surface area contributed by atoms with Gasteiger partial charge in [-0.05, 0) is 101 Å². The first-order valence-electron chi connectivity index (χ1n) is 15.9. The van der Waals surface area contributed by atoms with E-state index >= 15 is 0 Å². The highest BCUT2D eigenvalue weighted by Gasteiger charge is 2.38. The molecule has 2 amide bonds. The first-order chi connectivity index (χ1) is 21.9. The van der Waals surface area contributed by atoms with Gasteiger partial charge in [0.15, 0.2) is 5.82 Å². The smallest absolute Gasteiger partial charge is 0.293 e. The second-order valence-electron chi connectivity index (χ2n) is 13.4. The molecule has 46 heavy (non-hydrogen) atoms. The number of benzene rings is 2. The number of rotatable bonds is 6. The van der Waals surface area contributed by atoms with Gasteiger partial charge in [-0.2, -0.15) is 0 Å². The van der Waals surface area contributed by atoms with E-state index in [2.05, 4.69) is 36.3 Å². The Balaban J connectivity index is 1.23. The zero-order chi connectivity index (χ0) is 32.7. The molecule has 1 aliphatic heterocycles. The van der Waals surface area contributed by atoms with E-state index in [-0.39, 0.29) is 34.8 Å². The summed E-state index contributed by atoms with van der Waals surface area (Å²) in [4.78, 5) is 50.6. The molecule has 0 unspecified atom stereocenters. The van der Waals surface area contributed by atoms with Gasteiger partial charge in [-0.1, -0.05) is 24.3 Å². The van der Waals surface area contributed by atoms with Gasteiger partial charge in [0.1, 0.15) is 6.04 Å². The topological polar surface area (TPSA) is 99.6 Å². The maximum atomic E-state index is 13.4. The monoisotopic (exact) mass is 638 g/mol.